The van der Waals surface area contributed by atoms with Crippen LogP contribution >= 0.6 is 0 Å². The Kier molecular flexibility index (Phi) is 6.66. The summed E-state index contributed by atoms with van der Waals surface area (Å²) < 4.78 is 10.5. The van der Waals surface area contributed by atoms with Crippen molar-refractivity contribution in [2.24, 2.45) is 11.3 Å². The summed E-state index contributed by atoms with van der Waals surface area (Å²) in [7, 11) is 0. The highest BCUT2D eigenvalue weighted by atomic mass is 16.6. The predicted molar refractivity (Wildman–Crippen MR) is 69.9 cm³/mol. The maximum Gasteiger partial charge on any atom is 0.330 e. The van der Waals surface area contributed by atoms with Gasteiger partial charge in [-0.05, 0) is 12.8 Å². The summed E-state index contributed by atoms with van der Waals surface area (Å²) in [5.74, 6) is -0.553. The fourth-order valence-corrected chi connectivity index (χ4v) is 1.87. The third-order valence-electron chi connectivity index (χ3n) is 2.57. The van der Waals surface area contributed by atoms with Gasteiger partial charge in [0.15, 0.2) is 0 Å². The van der Waals surface area contributed by atoms with E-state index in [1.54, 1.807) is 13.0 Å². The largest absolute Gasteiger partial charge is 0.465 e. The molecule has 0 saturated heterocycles. The molecule has 0 N–H and O–H groups in total. The summed E-state index contributed by atoms with van der Waals surface area (Å²) in [5.41, 5.74) is -0.420. The van der Waals surface area contributed by atoms with E-state index in [0.29, 0.717) is 0 Å². The van der Waals surface area contributed by atoms with Crippen LogP contribution in [0.3, 0.4) is 0 Å². The van der Waals surface area contributed by atoms with Crippen molar-refractivity contribution in [3.8, 4) is 0 Å². The molecule has 18 heavy (non-hydrogen) atoms. The minimum atomic E-state index is -0.420. The Morgan fingerprint density at radius 3 is 2.22 bits per heavy atom. The van der Waals surface area contributed by atoms with Crippen LogP contribution in [0.15, 0.2) is 12.2 Å². The van der Waals surface area contributed by atoms with Crippen molar-refractivity contribution in [3.63, 3.8) is 0 Å². The van der Waals surface area contributed by atoms with E-state index < -0.39 is 5.41 Å². The molecule has 0 aliphatic rings. The lowest BCUT2D eigenvalue weighted by Gasteiger charge is -2.35. The Hall–Kier alpha value is -1.32. The molecule has 0 aromatic carbocycles. The first-order valence-electron chi connectivity index (χ1n) is 6.17. The smallest absolute Gasteiger partial charge is 0.330 e. The number of esters is 2. The van der Waals surface area contributed by atoms with Gasteiger partial charge in [-0.25, -0.2) is 4.79 Å². The summed E-state index contributed by atoms with van der Waals surface area (Å²) in [4.78, 5) is 22.4. The van der Waals surface area contributed by atoms with Crippen molar-refractivity contribution in [2.45, 2.75) is 47.6 Å². The number of ether oxygens (including phenoxy) is 2. The first-order valence-corrected chi connectivity index (χ1v) is 6.17. The van der Waals surface area contributed by atoms with Crippen molar-refractivity contribution >= 4 is 11.9 Å². The van der Waals surface area contributed by atoms with E-state index in [1.807, 2.05) is 27.7 Å². The van der Waals surface area contributed by atoms with Gasteiger partial charge in [0.1, 0.15) is 6.10 Å². The van der Waals surface area contributed by atoms with Crippen LogP contribution in [0, 0.1) is 11.3 Å². The van der Waals surface area contributed by atoms with Crippen LogP contribution in [-0.4, -0.2) is 24.6 Å². The lowest BCUT2D eigenvalue weighted by atomic mass is 9.81. The van der Waals surface area contributed by atoms with E-state index >= 15 is 0 Å². The maximum absolute atomic E-state index is 11.5. The lowest BCUT2D eigenvalue weighted by molar-refractivity contribution is -0.160. The Bertz CT molecular complexity index is 316. The molecule has 4 nitrogen and oxygen atoms in total. The van der Waals surface area contributed by atoms with Crippen LogP contribution in [0.25, 0.3) is 0 Å². The first kappa shape index (κ1) is 16.7. The van der Waals surface area contributed by atoms with Crippen LogP contribution in [0.4, 0.5) is 0 Å². The Morgan fingerprint density at radius 1 is 1.28 bits per heavy atom. The SMILES string of the molecule is C/C=C/C(=O)OC(C(C)C)C(C)(C)COC(C)=O. The van der Waals surface area contributed by atoms with E-state index in [4.69, 9.17) is 9.47 Å². The van der Waals surface area contributed by atoms with E-state index in [9.17, 15) is 9.59 Å². The van der Waals surface area contributed by atoms with Gasteiger partial charge in [0.05, 0.1) is 6.61 Å². The number of hydrogen-bond donors (Lipinski definition) is 0. The highest BCUT2D eigenvalue weighted by molar-refractivity contribution is 5.82. The number of carbonyl (C=O) groups is 2. The number of hydrogen-bond acceptors (Lipinski definition) is 4. The first-order chi connectivity index (χ1) is 8.20. The second-order valence-electron chi connectivity index (χ2n) is 5.37. The second kappa shape index (κ2) is 7.19. The van der Waals surface area contributed by atoms with Crippen LogP contribution in [-0.2, 0) is 19.1 Å². The molecule has 0 amide bonds. The van der Waals surface area contributed by atoms with Gasteiger partial charge in [0.25, 0.3) is 0 Å². The fourth-order valence-electron chi connectivity index (χ4n) is 1.87. The Balaban J connectivity index is 4.75. The van der Waals surface area contributed by atoms with Crippen molar-refractivity contribution in [1.29, 1.82) is 0 Å². The van der Waals surface area contributed by atoms with E-state index in [2.05, 4.69) is 0 Å². The minimum Gasteiger partial charge on any atom is -0.465 e. The Labute approximate surface area is 109 Å². The van der Waals surface area contributed by atoms with Crippen LogP contribution in [0.2, 0.25) is 0 Å². The van der Waals surface area contributed by atoms with E-state index in [1.165, 1.54) is 13.0 Å². The van der Waals surface area contributed by atoms with Crippen LogP contribution in [0.5, 0.6) is 0 Å². The molecule has 0 aliphatic carbocycles. The topological polar surface area (TPSA) is 52.6 Å². The summed E-state index contributed by atoms with van der Waals surface area (Å²) in [6, 6.07) is 0. The van der Waals surface area contributed by atoms with Gasteiger partial charge in [-0.1, -0.05) is 33.8 Å². The molecule has 4 heteroatoms. The fraction of sp³-hybridized carbons (Fsp3) is 0.714. The average molecular weight is 256 g/mol. The van der Waals surface area contributed by atoms with Crippen LogP contribution in [0.1, 0.15) is 41.5 Å². The average Bonchev–Trinajstić information content (AvgIpc) is 2.23. The molecular formula is C14H24O4. The van der Waals surface area contributed by atoms with Crippen LogP contribution < -0.4 is 0 Å². The molecule has 0 aromatic rings. The molecular weight excluding hydrogens is 232 g/mol. The van der Waals surface area contributed by atoms with Gasteiger partial charge in [0, 0.05) is 18.4 Å². The van der Waals surface area contributed by atoms with E-state index in [-0.39, 0.29) is 30.6 Å². The van der Waals surface area contributed by atoms with Gasteiger partial charge < -0.3 is 9.47 Å². The quantitative estimate of drug-likeness (QED) is 0.541. The molecule has 1 unspecified atom stereocenters. The molecule has 0 fully saturated rings. The van der Waals surface area contributed by atoms with Gasteiger partial charge in [0.2, 0.25) is 0 Å². The number of allylic oxidation sites excluding steroid dienone is 1. The zero-order valence-corrected chi connectivity index (χ0v) is 12.1. The molecule has 0 aromatic heterocycles. The summed E-state index contributed by atoms with van der Waals surface area (Å²) >= 11 is 0. The predicted octanol–water partition coefficient (Wildman–Crippen LogP) is 2.72. The van der Waals surface area contributed by atoms with Crippen molar-refractivity contribution in [3.05, 3.63) is 12.2 Å². The second-order valence-corrected chi connectivity index (χ2v) is 5.37. The Morgan fingerprint density at radius 2 is 1.83 bits per heavy atom. The highest BCUT2D eigenvalue weighted by Gasteiger charge is 2.35. The molecule has 0 aliphatic heterocycles. The minimum absolute atomic E-state index is 0.143. The zero-order chi connectivity index (χ0) is 14.3. The molecule has 104 valence electrons. The normalized spacial score (nSPS) is 13.7. The standard InChI is InChI=1S/C14H24O4/c1-7-8-12(16)18-13(10(2)3)14(5,6)9-17-11(4)15/h7-8,10,13H,9H2,1-6H3/b8-7+. The third-order valence-corrected chi connectivity index (χ3v) is 2.57. The molecule has 0 radical (unpaired) electrons. The number of rotatable bonds is 6. The molecule has 0 spiro atoms. The maximum atomic E-state index is 11.5. The number of carbonyl (C=O) groups excluding carboxylic acids is 2. The van der Waals surface area contributed by atoms with Crippen molar-refractivity contribution < 1.29 is 19.1 Å². The molecule has 0 bridgehead atoms. The highest BCUT2D eigenvalue weighted by Crippen LogP contribution is 2.29. The third kappa shape index (κ3) is 5.84. The van der Waals surface area contributed by atoms with Gasteiger partial charge in [-0.2, -0.15) is 0 Å². The molecule has 0 rings (SSSR count). The lowest BCUT2D eigenvalue weighted by Crippen LogP contribution is -2.41. The van der Waals surface area contributed by atoms with Crippen molar-refractivity contribution in [2.75, 3.05) is 6.61 Å². The van der Waals surface area contributed by atoms with Gasteiger partial charge >= 0.3 is 11.9 Å². The molecule has 0 saturated carbocycles. The van der Waals surface area contributed by atoms with Crippen molar-refractivity contribution in [1.82, 2.24) is 0 Å². The summed E-state index contributed by atoms with van der Waals surface area (Å²) in [6.45, 7) is 11.1. The molecule has 0 heterocycles. The summed E-state index contributed by atoms with van der Waals surface area (Å²) in [5, 5.41) is 0. The van der Waals surface area contributed by atoms with Gasteiger partial charge in [-0.15, -0.1) is 0 Å². The summed E-state index contributed by atoms with van der Waals surface area (Å²) in [6.07, 6.45) is 2.72. The monoisotopic (exact) mass is 256 g/mol. The zero-order valence-electron chi connectivity index (χ0n) is 12.1. The van der Waals surface area contributed by atoms with Gasteiger partial charge in [-0.3, -0.25) is 4.79 Å². The van der Waals surface area contributed by atoms with E-state index in [0.717, 1.165) is 0 Å². The molecule has 1 atom stereocenters.